The first-order valence-electron chi connectivity index (χ1n) is 23.1. The van der Waals surface area contributed by atoms with Crippen molar-refractivity contribution in [2.75, 3.05) is 62.0 Å². The third kappa shape index (κ3) is 10.5. The number of morpholine rings is 2. The van der Waals surface area contributed by atoms with Gasteiger partial charge in [-0.3, -0.25) is 4.98 Å². The van der Waals surface area contributed by atoms with Crippen LogP contribution in [-0.2, 0) is 61.2 Å². The average molecular weight is 1030 g/mol. The van der Waals surface area contributed by atoms with E-state index in [1.807, 2.05) is 65.8 Å². The van der Waals surface area contributed by atoms with Gasteiger partial charge in [-0.2, -0.15) is 4.98 Å². The van der Waals surface area contributed by atoms with Crippen molar-refractivity contribution < 1.29 is 55.3 Å². The Labute approximate surface area is 416 Å². The van der Waals surface area contributed by atoms with Gasteiger partial charge in [0, 0.05) is 30.5 Å². The second-order valence-corrected chi connectivity index (χ2v) is 25.8. The van der Waals surface area contributed by atoms with Crippen LogP contribution in [0.3, 0.4) is 0 Å². The highest BCUT2D eigenvalue weighted by atomic mass is 35.5. The summed E-state index contributed by atoms with van der Waals surface area (Å²) in [6, 6.07) is 9.58. The molecule has 1 aromatic carbocycles. The Balaban J connectivity index is 0.000000161. The molecule has 0 aliphatic carbocycles. The van der Waals surface area contributed by atoms with E-state index in [0.29, 0.717) is 91.1 Å². The summed E-state index contributed by atoms with van der Waals surface area (Å²) in [5, 5.41) is 18.6. The number of halogens is 1. The quantitative estimate of drug-likeness (QED) is 0.186. The predicted molar refractivity (Wildman–Crippen MR) is 266 cm³/mol. The van der Waals surface area contributed by atoms with Crippen molar-refractivity contribution in [3.8, 4) is 22.9 Å². The lowest BCUT2D eigenvalue weighted by Crippen LogP contribution is -2.56. The maximum absolute atomic E-state index is 12.6. The van der Waals surface area contributed by atoms with Crippen LogP contribution in [0.5, 0.6) is 11.5 Å². The number of pyridine rings is 1. The molecule has 0 spiro atoms. The summed E-state index contributed by atoms with van der Waals surface area (Å²) in [5.41, 5.74) is 3.00. The van der Waals surface area contributed by atoms with Gasteiger partial charge in [0.1, 0.15) is 34.1 Å². The van der Waals surface area contributed by atoms with Crippen LogP contribution in [0, 0.1) is 0 Å². The molecule has 0 amide bonds. The highest BCUT2D eigenvalue weighted by Crippen LogP contribution is 2.46. The van der Waals surface area contributed by atoms with Crippen molar-refractivity contribution in [1.29, 1.82) is 0 Å². The number of aromatic nitrogens is 5. The molecule has 9 rings (SSSR count). The van der Waals surface area contributed by atoms with Crippen LogP contribution in [-0.4, -0.2) is 147 Å². The molecular formula is C47H65BClN7O12S2. The lowest BCUT2D eigenvalue weighted by Gasteiger charge is -2.45. The van der Waals surface area contributed by atoms with Crippen LogP contribution in [0.1, 0.15) is 91.8 Å². The summed E-state index contributed by atoms with van der Waals surface area (Å²) in [7, 11) is -7.29. The van der Waals surface area contributed by atoms with E-state index in [9.17, 15) is 21.9 Å². The van der Waals surface area contributed by atoms with Gasteiger partial charge >= 0.3 is 7.12 Å². The zero-order valence-corrected chi connectivity index (χ0v) is 44.3. The summed E-state index contributed by atoms with van der Waals surface area (Å²) in [6.07, 6.45) is 5.53. The van der Waals surface area contributed by atoms with Crippen LogP contribution in [0.4, 0.5) is 11.6 Å². The smallest absolute Gasteiger partial charge is 0.486 e. The molecule has 0 bridgehead atoms. The predicted octanol–water partition coefficient (Wildman–Crippen LogP) is 4.17. The van der Waals surface area contributed by atoms with Crippen LogP contribution >= 0.6 is 11.6 Å². The molecule has 19 nitrogen and oxygen atoms in total. The van der Waals surface area contributed by atoms with E-state index in [-0.39, 0.29) is 61.0 Å². The Morgan fingerprint density at radius 2 is 1.20 bits per heavy atom. The molecule has 0 radical (unpaired) electrons. The number of hydrogen-bond acceptors (Lipinski definition) is 19. The number of aliphatic hydroxyl groups excluding tert-OH is 2. The molecule has 3 saturated heterocycles. The first kappa shape index (κ1) is 53.5. The average Bonchev–Trinajstić information content (AvgIpc) is 3.53. The molecule has 8 heterocycles. The Morgan fingerprint density at radius 1 is 0.700 bits per heavy atom. The standard InChI is InChI=1S/C20H26N4O5S.C14H20ClN3O4S.C13H19BO3/c1-12-9-28-10-15-11-29-16-17(20(2,3)30(4,26)27)22-18(23-19(16)24(12)15)14-5-13(8-25)6-21-7-14;1-8-5-21-6-9-7-22-10-11(14(2,3)23(4,19)20)16-13(15)17-12(10)18(8)9;1-12(2)13(3,4)17-14(16-12)11-7-5-6-10(8-11)9-15/h5-7,12,15,25H,8-11H2,1-4H3;8-9H,5-7H2,1-4H3;5-8,15H,9H2,1-4H3/t12-,15+;8-,9+;/m11./s1. The van der Waals surface area contributed by atoms with Crippen LogP contribution in [0.2, 0.25) is 5.28 Å². The largest absolute Gasteiger partial charge is 0.494 e. The van der Waals surface area contributed by atoms with Crippen molar-refractivity contribution in [3.63, 3.8) is 0 Å². The van der Waals surface area contributed by atoms with Crippen LogP contribution in [0.25, 0.3) is 11.4 Å². The van der Waals surface area contributed by atoms with E-state index < -0.39 is 29.2 Å². The van der Waals surface area contributed by atoms with Gasteiger partial charge < -0.3 is 48.3 Å². The van der Waals surface area contributed by atoms with E-state index in [4.69, 9.17) is 49.9 Å². The third-order valence-electron chi connectivity index (χ3n) is 14.0. The van der Waals surface area contributed by atoms with Gasteiger partial charge in [-0.25, -0.2) is 31.8 Å². The van der Waals surface area contributed by atoms with Crippen molar-refractivity contribution in [1.82, 2.24) is 24.9 Å². The fraction of sp³-hybridized carbons (Fsp3) is 0.596. The third-order valence-corrected chi connectivity index (χ3v) is 18.2. The van der Waals surface area contributed by atoms with E-state index in [2.05, 4.69) is 29.7 Å². The maximum Gasteiger partial charge on any atom is 0.494 e. The van der Waals surface area contributed by atoms with Crippen molar-refractivity contribution in [2.45, 2.75) is 127 Å². The molecule has 3 fully saturated rings. The number of nitrogens with zero attached hydrogens (tertiary/aromatic N) is 7. The molecule has 70 heavy (non-hydrogen) atoms. The minimum Gasteiger partial charge on any atom is -0.486 e. The Morgan fingerprint density at radius 3 is 1.70 bits per heavy atom. The zero-order valence-electron chi connectivity index (χ0n) is 41.9. The summed E-state index contributed by atoms with van der Waals surface area (Å²) < 4.78 is 82.1. The topological polar surface area (TPSA) is 235 Å². The van der Waals surface area contributed by atoms with E-state index >= 15 is 0 Å². The monoisotopic (exact) mass is 1030 g/mol. The van der Waals surface area contributed by atoms with Gasteiger partial charge in [0.2, 0.25) is 5.28 Å². The normalized spacial score (nSPS) is 22.6. The number of hydrogen-bond donors (Lipinski definition) is 2. The molecule has 2 N–H and O–H groups in total. The first-order valence-corrected chi connectivity index (χ1v) is 27.3. The SMILES string of the molecule is CC1(C)OB(c2cccc(CO)c2)OC1(C)C.C[C@@H]1COC[C@H]2COc3c(nc(-c4cncc(CO)c4)nc3C(C)(C)S(C)(=O)=O)N21.C[C@@H]1COC[C@H]2COc3c(nc(Cl)nc3C(C)(C)S(C)(=O)=O)N21. The highest BCUT2D eigenvalue weighted by molar-refractivity contribution is 7.91. The van der Waals surface area contributed by atoms with E-state index in [1.54, 1.807) is 46.2 Å². The molecule has 5 aliphatic rings. The van der Waals surface area contributed by atoms with Gasteiger partial charge in [-0.1, -0.05) is 24.3 Å². The molecule has 3 aromatic heterocycles. The number of anilines is 2. The Hall–Kier alpha value is -4.26. The maximum atomic E-state index is 12.6. The molecule has 4 atom stereocenters. The number of sulfone groups is 2. The van der Waals surface area contributed by atoms with Gasteiger partial charge in [-0.15, -0.1) is 0 Å². The highest BCUT2D eigenvalue weighted by Gasteiger charge is 2.52. The fourth-order valence-electron chi connectivity index (χ4n) is 8.45. The number of rotatable bonds is 8. The second-order valence-electron chi connectivity index (χ2n) is 20.4. The van der Waals surface area contributed by atoms with Crippen LogP contribution < -0.4 is 24.7 Å². The summed E-state index contributed by atoms with van der Waals surface area (Å²) in [6.45, 7) is 21.4. The molecule has 23 heteroatoms. The van der Waals surface area contributed by atoms with Gasteiger partial charge in [-0.05, 0) is 103 Å². The molecular weight excluding hydrogens is 965 g/mol. The lowest BCUT2D eigenvalue weighted by atomic mass is 9.78. The molecule has 0 unspecified atom stereocenters. The van der Waals surface area contributed by atoms with Gasteiger partial charge in [0.05, 0.1) is 75.0 Å². The molecule has 4 aromatic rings. The fourth-order valence-corrected chi connectivity index (χ4v) is 9.59. The van der Waals surface area contributed by atoms with Crippen molar-refractivity contribution in [2.24, 2.45) is 0 Å². The first-order chi connectivity index (χ1) is 32.6. The Bertz CT molecular complexity index is 2790. The van der Waals surface area contributed by atoms with Gasteiger partial charge in [0.25, 0.3) is 0 Å². The summed E-state index contributed by atoms with van der Waals surface area (Å²) in [5.74, 6) is 2.24. The summed E-state index contributed by atoms with van der Waals surface area (Å²) in [4.78, 5) is 26.3. The van der Waals surface area contributed by atoms with E-state index in [0.717, 1.165) is 11.0 Å². The zero-order chi connectivity index (χ0) is 51.4. The lowest BCUT2D eigenvalue weighted by molar-refractivity contribution is 0.00578. The van der Waals surface area contributed by atoms with Crippen LogP contribution in [0.15, 0.2) is 42.7 Å². The van der Waals surface area contributed by atoms with Crippen molar-refractivity contribution >= 4 is 55.5 Å². The minimum atomic E-state index is -3.51. The van der Waals surface area contributed by atoms with Crippen molar-refractivity contribution in [3.05, 3.63) is 70.5 Å². The number of aliphatic hydroxyl groups is 2. The van der Waals surface area contributed by atoms with E-state index in [1.165, 1.54) is 12.5 Å². The van der Waals surface area contributed by atoms with Gasteiger partial charge in [0.15, 0.2) is 48.6 Å². The minimum absolute atomic E-state index is 0.0124. The number of ether oxygens (including phenoxy) is 4. The molecule has 382 valence electrons. The number of benzene rings is 1. The molecule has 5 aliphatic heterocycles. The molecule has 0 saturated carbocycles. The summed E-state index contributed by atoms with van der Waals surface area (Å²) >= 11 is 6.09. The number of fused-ring (bicyclic) bond motifs is 6. The Kier molecular flexibility index (Phi) is 15.3. The second kappa shape index (κ2) is 20.0.